The Labute approximate surface area is 112 Å². The van der Waals surface area contributed by atoms with Crippen molar-refractivity contribution in [2.75, 3.05) is 5.32 Å². The Kier molecular flexibility index (Phi) is 3.74. The molecule has 1 aromatic carbocycles. The molecule has 0 radical (unpaired) electrons. The van der Waals surface area contributed by atoms with Crippen molar-refractivity contribution in [1.29, 1.82) is 0 Å². The number of rotatable bonds is 2. The van der Waals surface area contributed by atoms with Gasteiger partial charge in [0, 0.05) is 6.07 Å². The molecule has 18 heavy (non-hydrogen) atoms. The molecular formula is C11H6Cl2FN3O. The van der Waals surface area contributed by atoms with Crippen molar-refractivity contribution in [3.63, 3.8) is 0 Å². The zero-order valence-electron chi connectivity index (χ0n) is 8.82. The number of carbonyl (C=O) groups excluding carboxylic acids is 1. The van der Waals surface area contributed by atoms with E-state index in [0.717, 1.165) is 6.07 Å². The lowest BCUT2D eigenvalue weighted by molar-refractivity contribution is 0.102. The number of anilines is 1. The molecule has 0 unspecified atom stereocenters. The van der Waals surface area contributed by atoms with E-state index in [-0.39, 0.29) is 21.6 Å². The van der Waals surface area contributed by atoms with Gasteiger partial charge < -0.3 is 5.32 Å². The molecule has 1 N–H and O–H groups in total. The molecule has 0 spiro atoms. The van der Waals surface area contributed by atoms with Crippen LogP contribution in [0.2, 0.25) is 10.2 Å². The van der Waals surface area contributed by atoms with Gasteiger partial charge in [-0.05, 0) is 12.1 Å². The summed E-state index contributed by atoms with van der Waals surface area (Å²) in [6.07, 6.45) is 1.18. The molecule has 92 valence electrons. The number of hydrogen-bond acceptors (Lipinski definition) is 3. The smallest absolute Gasteiger partial charge is 0.261 e. The lowest BCUT2D eigenvalue weighted by Crippen LogP contribution is -2.15. The molecule has 0 saturated carbocycles. The fraction of sp³-hybridized carbons (Fsp3) is 0. The number of hydrogen-bond donors (Lipinski definition) is 1. The van der Waals surface area contributed by atoms with Crippen LogP contribution in [0.1, 0.15) is 10.4 Å². The summed E-state index contributed by atoms with van der Waals surface area (Å²) in [5.74, 6) is -1.24. The molecule has 0 fully saturated rings. The van der Waals surface area contributed by atoms with Crippen molar-refractivity contribution < 1.29 is 9.18 Å². The molecule has 7 heteroatoms. The van der Waals surface area contributed by atoms with Crippen molar-refractivity contribution in [3.8, 4) is 0 Å². The third-order valence-corrected chi connectivity index (χ3v) is 2.59. The van der Waals surface area contributed by atoms with Gasteiger partial charge in [0.05, 0.1) is 10.6 Å². The van der Waals surface area contributed by atoms with E-state index in [1.165, 1.54) is 24.5 Å². The summed E-state index contributed by atoms with van der Waals surface area (Å²) in [5, 5.41) is 2.57. The molecule has 0 saturated heterocycles. The van der Waals surface area contributed by atoms with Crippen LogP contribution in [0.4, 0.5) is 10.2 Å². The third-order valence-electron chi connectivity index (χ3n) is 2.07. The molecule has 1 heterocycles. The minimum Gasteiger partial charge on any atom is -0.306 e. The van der Waals surface area contributed by atoms with E-state index in [1.54, 1.807) is 0 Å². The topological polar surface area (TPSA) is 54.9 Å². The minimum absolute atomic E-state index is 0.0210. The number of nitrogens with zero attached hydrogens (tertiary/aromatic N) is 2. The first-order valence-corrected chi connectivity index (χ1v) is 5.56. The van der Waals surface area contributed by atoms with Crippen LogP contribution < -0.4 is 5.32 Å². The fourth-order valence-electron chi connectivity index (χ4n) is 1.30. The molecule has 0 bridgehead atoms. The summed E-state index contributed by atoms with van der Waals surface area (Å²) in [6.45, 7) is 0. The molecule has 0 aliphatic carbocycles. The van der Waals surface area contributed by atoms with E-state index < -0.39 is 11.7 Å². The van der Waals surface area contributed by atoms with E-state index in [0.29, 0.717) is 0 Å². The van der Waals surface area contributed by atoms with Crippen molar-refractivity contribution >= 4 is 34.9 Å². The number of nitrogens with one attached hydrogen (secondary N) is 1. The highest BCUT2D eigenvalue weighted by molar-refractivity contribution is 6.34. The Balaban J connectivity index is 2.28. The lowest BCUT2D eigenvalue weighted by atomic mass is 10.2. The fourth-order valence-corrected chi connectivity index (χ4v) is 1.69. The van der Waals surface area contributed by atoms with Gasteiger partial charge in [0.15, 0.2) is 0 Å². The van der Waals surface area contributed by atoms with Crippen LogP contribution in [0.5, 0.6) is 0 Å². The van der Waals surface area contributed by atoms with E-state index in [4.69, 9.17) is 23.2 Å². The number of carbonyl (C=O) groups is 1. The summed E-state index contributed by atoms with van der Waals surface area (Å²) >= 11 is 11.4. The van der Waals surface area contributed by atoms with Gasteiger partial charge in [-0.2, -0.15) is 0 Å². The first kappa shape index (κ1) is 12.7. The molecule has 1 amide bonds. The van der Waals surface area contributed by atoms with Crippen LogP contribution in [0.15, 0.2) is 30.6 Å². The standard InChI is InChI=1S/C11H6Cl2FN3O/c12-6-2-1-3-7(14)10(6)11(18)17-9-4-8(13)15-5-16-9/h1-5H,(H,15,16,17,18). The highest BCUT2D eigenvalue weighted by Crippen LogP contribution is 2.20. The van der Waals surface area contributed by atoms with Gasteiger partial charge in [0.1, 0.15) is 23.1 Å². The van der Waals surface area contributed by atoms with Crippen molar-refractivity contribution in [1.82, 2.24) is 9.97 Å². The van der Waals surface area contributed by atoms with Gasteiger partial charge in [-0.1, -0.05) is 29.3 Å². The summed E-state index contributed by atoms with van der Waals surface area (Å²) in [4.78, 5) is 19.3. The zero-order chi connectivity index (χ0) is 13.1. The van der Waals surface area contributed by atoms with Gasteiger partial charge in [0.2, 0.25) is 0 Å². The first-order chi connectivity index (χ1) is 8.58. The molecule has 0 atom stereocenters. The quantitative estimate of drug-likeness (QED) is 0.863. The van der Waals surface area contributed by atoms with Crippen LogP contribution in [0.25, 0.3) is 0 Å². The first-order valence-electron chi connectivity index (χ1n) is 4.81. The number of aromatic nitrogens is 2. The van der Waals surface area contributed by atoms with Crippen LogP contribution in [0, 0.1) is 5.82 Å². The largest absolute Gasteiger partial charge is 0.306 e. The SMILES string of the molecule is O=C(Nc1cc(Cl)ncn1)c1c(F)cccc1Cl. The van der Waals surface area contributed by atoms with E-state index >= 15 is 0 Å². The molecule has 2 aromatic rings. The molecule has 0 aliphatic rings. The van der Waals surface area contributed by atoms with Crippen LogP contribution in [-0.2, 0) is 0 Å². The summed E-state index contributed by atoms with van der Waals surface area (Å²) in [6, 6.07) is 5.32. The molecule has 1 aromatic heterocycles. The average Bonchev–Trinajstić information content (AvgIpc) is 2.28. The van der Waals surface area contributed by atoms with Crippen LogP contribution >= 0.6 is 23.2 Å². The van der Waals surface area contributed by atoms with Gasteiger partial charge in [-0.15, -0.1) is 0 Å². The summed E-state index contributed by atoms with van der Waals surface area (Å²) < 4.78 is 13.5. The number of benzene rings is 1. The average molecular weight is 286 g/mol. The van der Waals surface area contributed by atoms with E-state index in [1.807, 2.05) is 0 Å². The summed E-state index contributed by atoms with van der Waals surface area (Å²) in [5.41, 5.74) is -0.242. The predicted molar refractivity (Wildman–Crippen MR) is 66.4 cm³/mol. The lowest BCUT2D eigenvalue weighted by Gasteiger charge is -2.06. The molecular weight excluding hydrogens is 280 g/mol. The Morgan fingerprint density at radius 1 is 1.28 bits per heavy atom. The molecule has 4 nitrogen and oxygen atoms in total. The maximum absolute atomic E-state index is 13.5. The van der Waals surface area contributed by atoms with Crippen molar-refractivity contribution in [2.24, 2.45) is 0 Å². The molecule has 0 aliphatic heterocycles. The second-order valence-electron chi connectivity index (χ2n) is 3.28. The Hall–Kier alpha value is -1.72. The van der Waals surface area contributed by atoms with Gasteiger partial charge >= 0.3 is 0 Å². The van der Waals surface area contributed by atoms with Crippen molar-refractivity contribution in [3.05, 3.63) is 52.1 Å². The maximum atomic E-state index is 13.5. The van der Waals surface area contributed by atoms with Gasteiger partial charge in [0.25, 0.3) is 5.91 Å². The third kappa shape index (κ3) is 2.75. The summed E-state index contributed by atoms with van der Waals surface area (Å²) in [7, 11) is 0. The zero-order valence-corrected chi connectivity index (χ0v) is 10.3. The normalized spacial score (nSPS) is 10.2. The van der Waals surface area contributed by atoms with Crippen molar-refractivity contribution in [2.45, 2.75) is 0 Å². The highest BCUT2D eigenvalue weighted by Gasteiger charge is 2.16. The Morgan fingerprint density at radius 3 is 2.72 bits per heavy atom. The minimum atomic E-state index is -0.708. The van der Waals surface area contributed by atoms with Crippen LogP contribution in [-0.4, -0.2) is 15.9 Å². The van der Waals surface area contributed by atoms with E-state index in [9.17, 15) is 9.18 Å². The molecule has 2 rings (SSSR count). The monoisotopic (exact) mass is 285 g/mol. The number of halogens is 3. The Bertz CT molecular complexity index is 586. The van der Waals surface area contributed by atoms with Gasteiger partial charge in [-0.3, -0.25) is 4.79 Å². The van der Waals surface area contributed by atoms with Crippen LogP contribution in [0.3, 0.4) is 0 Å². The maximum Gasteiger partial charge on any atom is 0.261 e. The highest BCUT2D eigenvalue weighted by atomic mass is 35.5. The second kappa shape index (κ2) is 5.29. The van der Waals surface area contributed by atoms with Gasteiger partial charge in [-0.25, -0.2) is 14.4 Å². The second-order valence-corrected chi connectivity index (χ2v) is 4.07. The predicted octanol–water partition coefficient (Wildman–Crippen LogP) is 3.17. The van der Waals surface area contributed by atoms with E-state index in [2.05, 4.69) is 15.3 Å². The Morgan fingerprint density at radius 2 is 2.06 bits per heavy atom. The number of amides is 1.